The third-order valence-corrected chi connectivity index (χ3v) is 3.42. The molecule has 1 amide bonds. The summed E-state index contributed by atoms with van der Waals surface area (Å²) >= 11 is 1.85. The number of phenolic OH excluding ortho intramolecular Hbond substituents is 2. The Morgan fingerprint density at radius 2 is 1.74 bits per heavy atom. The largest absolute Gasteiger partial charge is 0.508 e. The maximum Gasteiger partial charge on any atom is 0.251 e. The highest BCUT2D eigenvalue weighted by Crippen LogP contribution is 2.20. The lowest BCUT2D eigenvalue weighted by molar-refractivity contribution is 0.0952. The van der Waals surface area contributed by atoms with Crippen molar-refractivity contribution in [2.24, 2.45) is 0 Å². The predicted octanol–water partition coefficient (Wildman–Crippen LogP) is 2.75. The van der Waals surface area contributed by atoms with Crippen LogP contribution in [0.5, 0.6) is 11.5 Å². The number of unbranched alkanes of at least 4 members (excludes halogenated alkanes) is 3. The molecule has 0 aromatic heterocycles. The Morgan fingerprint density at radius 3 is 2.37 bits per heavy atom. The Bertz CT molecular complexity index is 389. The number of nitrogens with one attached hydrogen (secondary N) is 1. The minimum absolute atomic E-state index is 0.109. The molecule has 1 aromatic rings. The number of thioether (sulfide) groups is 1. The van der Waals surface area contributed by atoms with Crippen LogP contribution in [0, 0.1) is 0 Å². The SMILES string of the molecule is CSCCCCCCNC(=O)c1cc(O)cc(O)c1. The van der Waals surface area contributed by atoms with Crippen molar-refractivity contribution < 1.29 is 15.0 Å². The van der Waals surface area contributed by atoms with Gasteiger partial charge in [-0.15, -0.1) is 0 Å². The van der Waals surface area contributed by atoms with Crippen LogP contribution in [0.25, 0.3) is 0 Å². The average Bonchev–Trinajstić information content (AvgIpc) is 2.36. The fourth-order valence-electron chi connectivity index (χ4n) is 1.76. The van der Waals surface area contributed by atoms with E-state index in [1.54, 1.807) is 0 Å². The van der Waals surface area contributed by atoms with Crippen LogP contribution in [0.15, 0.2) is 18.2 Å². The van der Waals surface area contributed by atoms with Gasteiger partial charge in [-0.05, 0) is 37.0 Å². The van der Waals surface area contributed by atoms with Gasteiger partial charge in [-0.2, -0.15) is 11.8 Å². The number of hydrogen-bond donors (Lipinski definition) is 3. The number of carbonyl (C=O) groups is 1. The minimum atomic E-state index is -0.268. The highest BCUT2D eigenvalue weighted by Gasteiger charge is 2.07. The van der Waals surface area contributed by atoms with Crippen molar-refractivity contribution in [3.05, 3.63) is 23.8 Å². The summed E-state index contributed by atoms with van der Waals surface area (Å²) in [6, 6.07) is 3.88. The van der Waals surface area contributed by atoms with Crippen molar-refractivity contribution in [2.75, 3.05) is 18.6 Å². The molecule has 0 bridgehead atoms. The fraction of sp³-hybridized carbons (Fsp3) is 0.500. The van der Waals surface area contributed by atoms with E-state index in [1.165, 1.54) is 36.8 Å². The Balaban J connectivity index is 2.24. The molecule has 0 atom stereocenters. The first kappa shape index (κ1) is 15.7. The molecule has 1 aromatic carbocycles. The lowest BCUT2D eigenvalue weighted by Crippen LogP contribution is -2.24. The smallest absolute Gasteiger partial charge is 0.251 e. The predicted molar refractivity (Wildman–Crippen MR) is 79.0 cm³/mol. The van der Waals surface area contributed by atoms with Gasteiger partial charge in [0, 0.05) is 18.2 Å². The second-order valence-corrected chi connectivity index (χ2v) is 5.39. The number of hydrogen-bond acceptors (Lipinski definition) is 4. The van der Waals surface area contributed by atoms with Crippen LogP contribution in [-0.4, -0.2) is 34.7 Å². The molecule has 0 radical (unpaired) electrons. The van der Waals surface area contributed by atoms with E-state index in [2.05, 4.69) is 11.6 Å². The van der Waals surface area contributed by atoms with E-state index >= 15 is 0 Å². The molecule has 106 valence electrons. The van der Waals surface area contributed by atoms with Crippen molar-refractivity contribution in [2.45, 2.75) is 25.7 Å². The first-order chi connectivity index (χ1) is 9.13. The average molecular weight is 283 g/mol. The van der Waals surface area contributed by atoms with Crippen LogP contribution in [0.1, 0.15) is 36.0 Å². The second kappa shape index (κ2) is 8.69. The van der Waals surface area contributed by atoms with Gasteiger partial charge in [0.25, 0.3) is 5.91 Å². The van der Waals surface area contributed by atoms with E-state index in [0.717, 1.165) is 12.8 Å². The molecule has 0 saturated carbocycles. The van der Waals surface area contributed by atoms with Gasteiger partial charge in [0.15, 0.2) is 0 Å². The van der Waals surface area contributed by atoms with Gasteiger partial charge in [-0.3, -0.25) is 4.79 Å². The number of phenols is 2. The third-order valence-electron chi connectivity index (χ3n) is 2.73. The van der Waals surface area contributed by atoms with Crippen LogP contribution in [0.3, 0.4) is 0 Å². The molecule has 0 heterocycles. The summed E-state index contributed by atoms with van der Waals surface area (Å²) in [5, 5.41) is 21.4. The van der Waals surface area contributed by atoms with E-state index in [-0.39, 0.29) is 23.0 Å². The van der Waals surface area contributed by atoms with Crippen molar-refractivity contribution in [3.63, 3.8) is 0 Å². The summed E-state index contributed by atoms with van der Waals surface area (Å²) in [6.45, 7) is 0.620. The third kappa shape index (κ3) is 6.38. The van der Waals surface area contributed by atoms with Crippen LogP contribution < -0.4 is 5.32 Å². The van der Waals surface area contributed by atoms with Crippen molar-refractivity contribution in [1.29, 1.82) is 0 Å². The van der Waals surface area contributed by atoms with E-state index < -0.39 is 0 Å². The van der Waals surface area contributed by atoms with Crippen LogP contribution in [0.2, 0.25) is 0 Å². The number of carbonyl (C=O) groups excluding carboxylic acids is 1. The summed E-state index contributed by atoms with van der Waals surface area (Å²) in [5.41, 5.74) is 0.278. The fourth-order valence-corrected chi connectivity index (χ4v) is 2.25. The molecule has 0 saturated heterocycles. The molecule has 5 heteroatoms. The molecule has 4 nitrogen and oxygen atoms in total. The monoisotopic (exact) mass is 283 g/mol. The second-order valence-electron chi connectivity index (χ2n) is 4.40. The summed E-state index contributed by atoms with van der Waals surface area (Å²) < 4.78 is 0. The van der Waals surface area contributed by atoms with Crippen LogP contribution in [0.4, 0.5) is 0 Å². The summed E-state index contributed by atoms with van der Waals surface area (Å²) in [4.78, 5) is 11.7. The van der Waals surface area contributed by atoms with Gasteiger partial charge in [-0.1, -0.05) is 12.8 Å². The van der Waals surface area contributed by atoms with Gasteiger partial charge in [0.1, 0.15) is 11.5 Å². The van der Waals surface area contributed by atoms with Crippen molar-refractivity contribution in [1.82, 2.24) is 5.32 Å². The van der Waals surface area contributed by atoms with E-state index in [1.807, 2.05) is 11.8 Å². The zero-order valence-corrected chi connectivity index (χ0v) is 12.0. The lowest BCUT2D eigenvalue weighted by atomic mass is 10.1. The molecule has 0 aliphatic rings. The molecule has 0 fully saturated rings. The molecule has 0 aliphatic heterocycles. The summed E-state index contributed by atoms with van der Waals surface area (Å²) in [5.74, 6) is 0.703. The molecular formula is C14H21NO3S. The van der Waals surface area contributed by atoms with Crippen molar-refractivity contribution >= 4 is 17.7 Å². The molecule has 19 heavy (non-hydrogen) atoms. The zero-order chi connectivity index (χ0) is 14.1. The standard InChI is InChI=1S/C14H21NO3S/c1-19-7-5-3-2-4-6-15-14(18)11-8-12(16)10-13(17)9-11/h8-10,16-17H,2-7H2,1H3,(H,15,18). The Labute approximate surface area is 118 Å². The number of amides is 1. The van der Waals surface area contributed by atoms with E-state index in [9.17, 15) is 15.0 Å². The Morgan fingerprint density at radius 1 is 1.11 bits per heavy atom. The molecule has 1 rings (SSSR count). The van der Waals surface area contributed by atoms with E-state index in [4.69, 9.17) is 0 Å². The number of benzene rings is 1. The highest BCUT2D eigenvalue weighted by atomic mass is 32.2. The molecule has 0 spiro atoms. The Hall–Kier alpha value is -1.36. The highest BCUT2D eigenvalue weighted by molar-refractivity contribution is 7.98. The Kier molecular flexibility index (Phi) is 7.18. The first-order valence-electron chi connectivity index (χ1n) is 6.43. The summed E-state index contributed by atoms with van der Waals surface area (Å²) in [6.07, 6.45) is 6.56. The minimum Gasteiger partial charge on any atom is -0.508 e. The molecule has 3 N–H and O–H groups in total. The molecule has 0 aliphatic carbocycles. The first-order valence-corrected chi connectivity index (χ1v) is 7.83. The van der Waals surface area contributed by atoms with Gasteiger partial charge < -0.3 is 15.5 Å². The number of aromatic hydroxyl groups is 2. The lowest BCUT2D eigenvalue weighted by Gasteiger charge is -2.06. The normalized spacial score (nSPS) is 10.4. The van der Waals surface area contributed by atoms with E-state index in [0.29, 0.717) is 6.54 Å². The molecular weight excluding hydrogens is 262 g/mol. The molecule has 0 unspecified atom stereocenters. The zero-order valence-electron chi connectivity index (χ0n) is 11.2. The quantitative estimate of drug-likeness (QED) is 0.642. The topological polar surface area (TPSA) is 69.6 Å². The van der Waals surface area contributed by atoms with Crippen LogP contribution >= 0.6 is 11.8 Å². The number of rotatable bonds is 8. The van der Waals surface area contributed by atoms with Crippen LogP contribution in [-0.2, 0) is 0 Å². The van der Waals surface area contributed by atoms with Gasteiger partial charge >= 0.3 is 0 Å². The van der Waals surface area contributed by atoms with Gasteiger partial charge in [0.05, 0.1) is 0 Å². The van der Waals surface area contributed by atoms with Gasteiger partial charge in [0.2, 0.25) is 0 Å². The van der Waals surface area contributed by atoms with Gasteiger partial charge in [-0.25, -0.2) is 0 Å². The maximum absolute atomic E-state index is 11.7. The maximum atomic E-state index is 11.7. The summed E-state index contributed by atoms with van der Waals surface area (Å²) in [7, 11) is 0. The van der Waals surface area contributed by atoms with Crippen molar-refractivity contribution in [3.8, 4) is 11.5 Å².